The van der Waals surface area contributed by atoms with Gasteiger partial charge in [0.2, 0.25) is 5.91 Å². The van der Waals surface area contributed by atoms with Gasteiger partial charge in [-0.25, -0.2) is 4.57 Å². The number of carbonyl (C=O) groups is 1. The molecule has 10 nitrogen and oxygen atoms in total. The van der Waals surface area contributed by atoms with Crippen molar-refractivity contribution in [2.75, 3.05) is 26.7 Å². The number of likely N-dealkylation sites (N-methyl/N-ethyl adjacent to an activating group) is 1. The maximum absolute atomic E-state index is 12.8. The Kier molecular flexibility index (Phi) is 5.45. The molecule has 0 aromatic carbocycles. The topological polar surface area (TPSA) is 148 Å². The first-order valence-corrected chi connectivity index (χ1v) is 8.63. The Bertz CT molecular complexity index is 576. The van der Waals surface area contributed by atoms with Gasteiger partial charge >= 0.3 is 18.0 Å². The minimum Gasteiger partial charge on any atom is -0.343 e. The molecule has 0 aromatic rings. The maximum atomic E-state index is 12.8. The second-order valence-corrected chi connectivity index (χ2v) is 7.23. The van der Waals surface area contributed by atoms with E-state index in [9.17, 15) is 21.7 Å². The van der Waals surface area contributed by atoms with Gasteiger partial charge in [-0.15, -0.1) is 3.89 Å². The monoisotopic (exact) mass is 347 g/mol. The number of nitrogens with zero attached hydrogens (tertiary/aromatic N) is 2. The average molecular weight is 347 g/mol. The molecule has 0 aromatic heterocycles. The molecule has 1 amide bonds. The highest BCUT2D eigenvalue weighted by Crippen LogP contribution is 2.35. The van der Waals surface area contributed by atoms with Crippen molar-refractivity contribution in [2.45, 2.75) is 11.7 Å². The molecule has 1 heterocycles. The molecule has 1 rings (SSSR count). The maximum Gasteiger partial charge on any atom is 0.469 e. The molecule has 122 valence electrons. The van der Waals surface area contributed by atoms with Crippen LogP contribution in [0.25, 0.3) is 0 Å². The molecule has 21 heavy (non-hydrogen) atoms. The molecule has 3 N–H and O–H groups in total. The molecular weight excluding hydrogens is 332 g/mol. The van der Waals surface area contributed by atoms with Crippen LogP contribution < -0.4 is 0 Å². The van der Waals surface area contributed by atoms with Gasteiger partial charge in [0.1, 0.15) is 5.25 Å². The lowest BCUT2D eigenvalue weighted by molar-refractivity contribution is -0.124. The molecular formula is C8H15FN3O7PS. The summed E-state index contributed by atoms with van der Waals surface area (Å²) in [5.41, 5.74) is 0. The minimum absolute atomic E-state index is 0.124. The molecule has 0 aliphatic carbocycles. The van der Waals surface area contributed by atoms with Gasteiger partial charge in [0.05, 0.1) is 6.61 Å². The number of halogens is 1. The molecule has 1 saturated heterocycles. The van der Waals surface area contributed by atoms with Gasteiger partial charge in [0.25, 0.3) is 0 Å². The highest BCUT2D eigenvalue weighted by molar-refractivity contribution is 7.87. The summed E-state index contributed by atoms with van der Waals surface area (Å²) in [6.07, 6.45) is -0.548. The fraction of sp³-hybridized carbons (Fsp3) is 0.750. The van der Waals surface area contributed by atoms with E-state index in [4.69, 9.17) is 15.2 Å². The SMILES string of the molecule is CN(CCOP(=O)(O)O)C(=N)N1CC(S(=O)(=O)F)CC1=O. The predicted molar refractivity (Wildman–Crippen MR) is 68.5 cm³/mol. The normalized spacial score (nSPS) is 19.9. The van der Waals surface area contributed by atoms with Crippen molar-refractivity contribution >= 4 is 29.9 Å². The molecule has 0 spiro atoms. The third-order valence-electron chi connectivity index (χ3n) is 2.79. The van der Waals surface area contributed by atoms with E-state index in [0.717, 1.165) is 9.80 Å². The first-order valence-electron chi connectivity index (χ1n) is 5.65. The number of carbonyl (C=O) groups excluding carboxylic acids is 1. The Morgan fingerprint density at radius 1 is 1.62 bits per heavy atom. The number of likely N-dealkylation sites (tertiary alicyclic amines) is 1. The summed E-state index contributed by atoms with van der Waals surface area (Å²) in [6.45, 7) is -1.00. The lowest BCUT2D eigenvalue weighted by Gasteiger charge is -2.26. The molecule has 1 fully saturated rings. The number of hydrogen-bond donors (Lipinski definition) is 3. The molecule has 1 aliphatic rings. The average Bonchev–Trinajstić information content (AvgIpc) is 2.68. The van der Waals surface area contributed by atoms with Crippen LogP contribution in [0.15, 0.2) is 0 Å². The second-order valence-electron chi connectivity index (χ2n) is 4.38. The standard InChI is InChI=1S/C8H15FN3O7PS/c1-11(2-3-19-20(14,15)16)8(10)12-5-6(4-7(12)13)21(9,17)18/h6,10H,2-5H2,1H3,(H2,14,15,16). The molecule has 0 bridgehead atoms. The zero-order valence-electron chi connectivity index (χ0n) is 11.0. The fourth-order valence-corrected chi connectivity index (χ4v) is 2.67. The molecule has 0 radical (unpaired) electrons. The molecule has 1 atom stereocenters. The van der Waals surface area contributed by atoms with Crippen molar-refractivity contribution in [1.29, 1.82) is 5.41 Å². The van der Waals surface area contributed by atoms with Gasteiger partial charge in [-0.2, -0.15) is 8.42 Å². The summed E-state index contributed by atoms with van der Waals surface area (Å²) in [4.78, 5) is 30.5. The van der Waals surface area contributed by atoms with Gasteiger partial charge < -0.3 is 14.7 Å². The summed E-state index contributed by atoms with van der Waals surface area (Å²) in [6, 6.07) is 0. The van der Waals surface area contributed by atoms with Crippen LogP contribution in [0.2, 0.25) is 0 Å². The molecule has 1 unspecified atom stereocenters. The van der Waals surface area contributed by atoms with E-state index in [1.54, 1.807) is 0 Å². The first-order chi connectivity index (χ1) is 9.42. The lowest BCUT2D eigenvalue weighted by Crippen LogP contribution is -2.44. The largest absolute Gasteiger partial charge is 0.469 e. The van der Waals surface area contributed by atoms with E-state index in [1.807, 2.05) is 0 Å². The van der Waals surface area contributed by atoms with Crippen molar-refractivity contribution in [3.8, 4) is 0 Å². The Labute approximate surface area is 120 Å². The summed E-state index contributed by atoms with van der Waals surface area (Å²) < 4.78 is 49.0. The van der Waals surface area contributed by atoms with Crippen LogP contribution >= 0.6 is 7.82 Å². The van der Waals surface area contributed by atoms with Crippen LogP contribution in [0.5, 0.6) is 0 Å². The zero-order chi connectivity index (χ0) is 16.4. The lowest BCUT2D eigenvalue weighted by atomic mass is 10.4. The van der Waals surface area contributed by atoms with E-state index < -0.39 is 54.7 Å². The van der Waals surface area contributed by atoms with Gasteiger partial charge in [-0.1, -0.05) is 0 Å². The van der Waals surface area contributed by atoms with Gasteiger partial charge in [-0.3, -0.25) is 19.6 Å². The summed E-state index contributed by atoms with van der Waals surface area (Å²) >= 11 is 0. The van der Waals surface area contributed by atoms with Gasteiger partial charge in [0.15, 0.2) is 5.96 Å². The van der Waals surface area contributed by atoms with Crippen LogP contribution in [-0.2, 0) is 24.1 Å². The van der Waals surface area contributed by atoms with E-state index in [1.165, 1.54) is 7.05 Å². The Hall–Kier alpha value is -1.07. The number of phosphoric ester groups is 1. The van der Waals surface area contributed by atoms with E-state index in [-0.39, 0.29) is 6.54 Å². The highest BCUT2D eigenvalue weighted by Gasteiger charge is 2.40. The third kappa shape index (κ3) is 5.32. The predicted octanol–water partition coefficient (Wildman–Crippen LogP) is -1.14. The first kappa shape index (κ1) is 18.0. The van der Waals surface area contributed by atoms with Crippen molar-refractivity contribution in [3.05, 3.63) is 0 Å². The zero-order valence-corrected chi connectivity index (χ0v) is 12.7. The Morgan fingerprint density at radius 2 is 2.19 bits per heavy atom. The van der Waals surface area contributed by atoms with Crippen molar-refractivity contribution < 1.29 is 36.0 Å². The van der Waals surface area contributed by atoms with Gasteiger partial charge in [-0.05, 0) is 0 Å². The summed E-state index contributed by atoms with van der Waals surface area (Å²) in [5.74, 6) is -1.12. The molecule has 0 saturated carbocycles. The third-order valence-corrected chi connectivity index (χ3v) is 4.42. The highest BCUT2D eigenvalue weighted by atomic mass is 32.3. The van der Waals surface area contributed by atoms with Crippen molar-refractivity contribution in [2.24, 2.45) is 0 Å². The number of amides is 1. The Balaban J connectivity index is 2.59. The van der Waals surface area contributed by atoms with E-state index in [0.29, 0.717) is 0 Å². The number of hydrogen-bond acceptors (Lipinski definition) is 6. The van der Waals surface area contributed by atoms with E-state index >= 15 is 0 Å². The van der Waals surface area contributed by atoms with Crippen LogP contribution in [0.1, 0.15) is 6.42 Å². The quantitative estimate of drug-likeness (QED) is 0.245. The van der Waals surface area contributed by atoms with Crippen LogP contribution in [-0.4, -0.2) is 71.9 Å². The number of phosphoric acid groups is 1. The van der Waals surface area contributed by atoms with Crippen molar-refractivity contribution in [1.82, 2.24) is 9.80 Å². The van der Waals surface area contributed by atoms with Crippen LogP contribution in [0.3, 0.4) is 0 Å². The van der Waals surface area contributed by atoms with Gasteiger partial charge in [0, 0.05) is 26.6 Å². The smallest absolute Gasteiger partial charge is 0.343 e. The second kappa shape index (κ2) is 6.36. The minimum atomic E-state index is -4.87. The fourth-order valence-electron chi connectivity index (χ4n) is 1.68. The molecule has 13 heteroatoms. The summed E-state index contributed by atoms with van der Waals surface area (Å²) in [5, 5.41) is 6.21. The number of guanidine groups is 1. The van der Waals surface area contributed by atoms with Crippen LogP contribution in [0.4, 0.5) is 3.89 Å². The summed E-state index contributed by atoms with van der Waals surface area (Å²) in [7, 11) is -8.15. The Morgan fingerprint density at radius 3 is 2.62 bits per heavy atom. The van der Waals surface area contributed by atoms with E-state index in [2.05, 4.69) is 4.52 Å². The number of rotatable bonds is 5. The van der Waals surface area contributed by atoms with Crippen molar-refractivity contribution in [3.63, 3.8) is 0 Å². The molecule has 1 aliphatic heterocycles. The van der Waals surface area contributed by atoms with Crippen LogP contribution in [0, 0.1) is 5.41 Å². The number of nitrogens with one attached hydrogen (secondary N) is 1.